The highest BCUT2D eigenvalue weighted by Gasteiger charge is 2.21. The van der Waals surface area contributed by atoms with E-state index in [2.05, 4.69) is 43.2 Å². The summed E-state index contributed by atoms with van der Waals surface area (Å²) in [6.45, 7) is 14.3. The minimum absolute atomic E-state index is 0. The van der Waals surface area contributed by atoms with Gasteiger partial charge in [-0.15, -0.1) is 24.8 Å². The molecule has 4 N–H and O–H groups in total. The number of ether oxygens (including phenoxy) is 2. The molecule has 1 atom stereocenters. The molecule has 11 heteroatoms. The lowest BCUT2D eigenvalue weighted by molar-refractivity contribution is -0.167. The van der Waals surface area contributed by atoms with Crippen molar-refractivity contribution in [2.45, 2.75) is 73.1 Å². The number of rotatable bonds is 16. The van der Waals surface area contributed by atoms with Crippen LogP contribution in [0.2, 0.25) is 0 Å². The van der Waals surface area contributed by atoms with E-state index in [0.717, 1.165) is 29.9 Å². The molecule has 2 aromatic rings. The van der Waals surface area contributed by atoms with E-state index in [1.54, 1.807) is 0 Å². The van der Waals surface area contributed by atoms with Crippen LogP contribution in [0.5, 0.6) is 0 Å². The van der Waals surface area contributed by atoms with Crippen LogP contribution in [-0.2, 0) is 19.1 Å². The molecule has 0 spiro atoms. The minimum Gasteiger partial charge on any atom is -0.428 e. The highest BCUT2D eigenvalue weighted by molar-refractivity contribution is 6.02. The van der Waals surface area contributed by atoms with Gasteiger partial charge in [0, 0.05) is 25.2 Å². The van der Waals surface area contributed by atoms with Crippen LogP contribution < -0.4 is 21.3 Å². The van der Waals surface area contributed by atoms with Gasteiger partial charge in [-0.05, 0) is 73.9 Å². The molecule has 242 valence electrons. The zero-order chi connectivity index (χ0) is 30.4. The molecule has 2 aromatic carbocycles. The number of anilines is 3. The van der Waals surface area contributed by atoms with E-state index in [1.807, 2.05) is 56.3 Å². The molecule has 0 aliphatic heterocycles. The number of carbonyl (C=O) groups excluding carboxylic acids is 3. The van der Waals surface area contributed by atoms with Crippen molar-refractivity contribution in [1.82, 2.24) is 0 Å². The fraction of sp³-hybridized carbons (Fsp3) is 0.531. The van der Waals surface area contributed by atoms with Crippen LogP contribution in [0.3, 0.4) is 0 Å². The summed E-state index contributed by atoms with van der Waals surface area (Å²) < 4.78 is 10.1. The summed E-state index contributed by atoms with van der Waals surface area (Å²) in [7, 11) is 0. The number of halogens is 2. The topological polar surface area (TPSA) is 123 Å². The van der Waals surface area contributed by atoms with Crippen molar-refractivity contribution in [3.8, 4) is 0 Å². The Balaban J connectivity index is 0.00000882. The fourth-order valence-corrected chi connectivity index (χ4v) is 4.50. The van der Waals surface area contributed by atoms with Crippen LogP contribution in [0.25, 0.3) is 0 Å². The Morgan fingerprint density at radius 2 is 1.49 bits per heavy atom. The van der Waals surface area contributed by atoms with Crippen molar-refractivity contribution in [3.05, 3.63) is 53.6 Å². The van der Waals surface area contributed by atoms with Crippen molar-refractivity contribution >= 4 is 59.8 Å². The lowest BCUT2D eigenvalue weighted by atomic mass is 9.92. The Morgan fingerprint density at radius 3 is 2.05 bits per heavy atom. The summed E-state index contributed by atoms with van der Waals surface area (Å²) in [5.41, 5.74) is 9.72. The number of benzene rings is 2. The third-order valence-corrected chi connectivity index (χ3v) is 6.49. The number of urea groups is 1. The highest BCUT2D eigenvalue weighted by Crippen LogP contribution is 2.34. The van der Waals surface area contributed by atoms with Crippen LogP contribution in [0.15, 0.2) is 42.5 Å². The Hall–Kier alpha value is -3.01. The first-order chi connectivity index (χ1) is 19.5. The van der Waals surface area contributed by atoms with Gasteiger partial charge in [0.05, 0.1) is 17.8 Å². The van der Waals surface area contributed by atoms with Crippen LogP contribution in [0, 0.1) is 18.8 Å². The molecule has 9 nitrogen and oxygen atoms in total. The van der Waals surface area contributed by atoms with Gasteiger partial charge in [0.2, 0.25) is 6.79 Å². The second kappa shape index (κ2) is 20.8. The lowest BCUT2D eigenvalue weighted by Gasteiger charge is -2.31. The van der Waals surface area contributed by atoms with Crippen molar-refractivity contribution in [3.63, 3.8) is 0 Å². The number of aryl methyl sites for hydroxylation is 1. The Morgan fingerprint density at radius 1 is 0.884 bits per heavy atom. The SMILES string of the molecule is CC[C@@H](CC(=O)OCOC(=O)CCCN)c1ccc(N(CC(C)C)CC(C)C)c(NC(=O)Nc2ccc(C)cc2)c1.Cl.Cl. The third-order valence-electron chi connectivity index (χ3n) is 6.49. The van der Waals surface area contributed by atoms with Gasteiger partial charge in [0.15, 0.2) is 0 Å². The van der Waals surface area contributed by atoms with Crippen molar-refractivity contribution in [2.24, 2.45) is 17.6 Å². The Kier molecular flexibility index (Phi) is 19.4. The van der Waals surface area contributed by atoms with E-state index in [4.69, 9.17) is 15.2 Å². The monoisotopic (exact) mass is 640 g/mol. The summed E-state index contributed by atoms with van der Waals surface area (Å²) >= 11 is 0. The summed E-state index contributed by atoms with van der Waals surface area (Å²) in [4.78, 5) is 39.6. The number of esters is 2. The number of nitrogens with one attached hydrogen (secondary N) is 2. The highest BCUT2D eigenvalue weighted by atomic mass is 35.5. The van der Waals surface area contributed by atoms with E-state index >= 15 is 0 Å². The summed E-state index contributed by atoms with van der Waals surface area (Å²) in [6, 6.07) is 13.3. The quantitative estimate of drug-likeness (QED) is 0.130. The molecule has 2 amide bonds. The normalized spacial score (nSPS) is 11.2. The molecule has 0 fully saturated rings. The molecule has 0 aliphatic carbocycles. The molecule has 0 radical (unpaired) electrons. The molecule has 0 heterocycles. The third kappa shape index (κ3) is 14.8. The fourth-order valence-electron chi connectivity index (χ4n) is 4.50. The first kappa shape index (κ1) is 40.0. The first-order valence-corrected chi connectivity index (χ1v) is 14.6. The second-order valence-corrected chi connectivity index (χ2v) is 11.3. The number of nitrogens with zero attached hydrogens (tertiary/aromatic N) is 1. The molecule has 0 bridgehead atoms. The molecule has 0 unspecified atom stereocenters. The van der Waals surface area contributed by atoms with E-state index in [-0.39, 0.29) is 49.6 Å². The molecule has 0 aromatic heterocycles. The summed E-state index contributed by atoms with van der Waals surface area (Å²) in [5.74, 6) is -0.206. The van der Waals surface area contributed by atoms with E-state index in [1.165, 1.54) is 0 Å². The number of hydrogen-bond donors (Lipinski definition) is 3. The van der Waals surface area contributed by atoms with Gasteiger partial charge in [-0.1, -0.05) is 58.4 Å². The van der Waals surface area contributed by atoms with Gasteiger partial charge in [0.25, 0.3) is 0 Å². The Labute approximate surface area is 269 Å². The molecular weight excluding hydrogens is 591 g/mol. The maximum atomic E-state index is 13.1. The maximum absolute atomic E-state index is 13.1. The van der Waals surface area contributed by atoms with Gasteiger partial charge in [-0.2, -0.15) is 0 Å². The van der Waals surface area contributed by atoms with Crippen molar-refractivity contribution in [2.75, 3.05) is 42.0 Å². The zero-order valence-electron chi connectivity index (χ0n) is 26.3. The summed E-state index contributed by atoms with van der Waals surface area (Å²) in [5, 5.41) is 5.98. The standard InChI is InChI=1S/C32H48N4O5.2ClH/c1-7-25(18-31(38)41-21-40-30(37)9-8-16-33)26-12-15-29(36(19-22(2)3)20-23(4)5)28(17-26)35-32(39)34-27-13-10-24(6)11-14-27;;/h10-15,17,22-23,25H,7-9,16,18-21,33H2,1-6H3,(H2,34,35,39);2*1H/t25-;;/m0../s1. The van der Waals surface area contributed by atoms with Crippen LogP contribution >= 0.6 is 24.8 Å². The number of nitrogens with two attached hydrogens (primary N) is 1. The lowest BCUT2D eigenvalue weighted by Crippen LogP contribution is -2.32. The van der Waals surface area contributed by atoms with Gasteiger partial charge in [-0.25, -0.2) is 4.79 Å². The van der Waals surface area contributed by atoms with E-state index < -0.39 is 18.7 Å². The predicted molar refractivity (Wildman–Crippen MR) is 180 cm³/mol. The Bertz CT molecular complexity index is 1120. The molecule has 0 aliphatic rings. The predicted octanol–water partition coefficient (Wildman–Crippen LogP) is 7.27. The molecular formula is C32H50Cl2N4O5. The zero-order valence-corrected chi connectivity index (χ0v) is 27.9. The number of amides is 2. The van der Waals surface area contributed by atoms with E-state index in [9.17, 15) is 14.4 Å². The maximum Gasteiger partial charge on any atom is 0.323 e. The number of hydrogen-bond acceptors (Lipinski definition) is 7. The smallest absolute Gasteiger partial charge is 0.323 e. The molecule has 0 saturated heterocycles. The van der Waals surface area contributed by atoms with Crippen LogP contribution in [-0.4, -0.2) is 44.4 Å². The van der Waals surface area contributed by atoms with E-state index in [0.29, 0.717) is 42.6 Å². The van der Waals surface area contributed by atoms with Crippen molar-refractivity contribution < 1.29 is 23.9 Å². The van der Waals surface area contributed by atoms with Gasteiger partial charge < -0.3 is 30.7 Å². The van der Waals surface area contributed by atoms with Gasteiger partial charge in [0.1, 0.15) is 0 Å². The van der Waals surface area contributed by atoms with Crippen molar-refractivity contribution in [1.29, 1.82) is 0 Å². The molecule has 43 heavy (non-hydrogen) atoms. The largest absolute Gasteiger partial charge is 0.428 e. The van der Waals surface area contributed by atoms with Crippen LogP contribution in [0.4, 0.5) is 21.9 Å². The first-order valence-electron chi connectivity index (χ1n) is 14.6. The van der Waals surface area contributed by atoms with Gasteiger partial charge >= 0.3 is 18.0 Å². The average Bonchev–Trinajstić information content (AvgIpc) is 2.91. The van der Waals surface area contributed by atoms with Gasteiger partial charge in [-0.3, -0.25) is 9.59 Å². The number of carbonyl (C=O) groups is 3. The second-order valence-electron chi connectivity index (χ2n) is 11.3. The van der Waals surface area contributed by atoms with Crippen LogP contribution in [0.1, 0.15) is 77.3 Å². The minimum atomic E-state index is -0.458. The average molecular weight is 642 g/mol. The summed E-state index contributed by atoms with van der Waals surface area (Å²) in [6.07, 6.45) is 1.51. The molecule has 0 saturated carbocycles. The molecule has 2 rings (SSSR count).